The Morgan fingerprint density at radius 3 is 2.33 bits per heavy atom. The quantitative estimate of drug-likeness (QED) is 0.725. The average Bonchev–Trinajstić information content (AvgIpc) is 2.47. The Kier molecular flexibility index (Phi) is 6.92. The van der Waals surface area contributed by atoms with Crippen molar-refractivity contribution in [2.24, 2.45) is 0 Å². The Morgan fingerprint density at radius 2 is 1.81 bits per heavy atom. The third-order valence-electron chi connectivity index (χ3n) is 3.54. The highest BCUT2D eigenvalue weighted by atomic mass is 16.5. The van der Waals surface area contributed by atoms with Gasteiger partial charge in [-0.15, -0.1) is 0 Å². The number of amides is 1. The fourth-order valence-corrected chi connectivity index (χ4v) is 2.05. The van der Waals surface area contributed by atoms with Crippen LogP contribution in [0.15, 0.2) is 24.3 Å². The summed E-state index contributed by atoms with van der Waals surface area (Å²) < 4.78 is 4.93. The van der Waals surface area contributed by atoms with Crippen molar-refractivity contribution in [2.45, 2.75) is 46.6 Å². The lowest BCUT2D eigenvalue weighted by Gasteiger charge is -2.28. The maximum Gasteiger partial charge on any atom is 0.307 e. The number of esters is 1. The Hall–Kier alpha value is -1.84. The molecule has 1 unspecified atom stereocenters. The minimum absolute atomic E-state index is 0.0337. The zero-order valence-electron chi connectivity index (χ0n) is 13.4. The third-order valence-corrected chi connectivity index (χ3v) is 3.54. The van der Waals surface area contributed by atoms with Gasteiger partial charge in [0.05, 0.1) is 13.0 Å². The summed E-state index contributed by atoms with van der Waals surface area (Å²) >= 11 is 0. The molecule has 0 spiro atoms. The summed E-state index contributed by atoms with van der Waals surface area (Å²) in [7, 11) is 0. The number of carbonyl (C=O) groups excluding carboxylic acids is 2. The van der Waals surface area contributed by atoms with E-state index in [-0.39, 0.29) is 24.3 Å². The Morgan fingerprint density at radius 1 is 1.19 bits per heavy atom. The highest BCUT2D eigenvalue weighted by Gasteiger charge is 2.21. The van der Waals surface area contributed by atoms with Crippen LogP contribution in [0.25, 0.3) is 0 Å². The Bertz CT molecular complexity index is 467. The van der Waals surface area contributed by atoms with Crippen LogP contribution in [0, 0.1) is 6.92 Å². The van der Waals surface area contributed by atoms with Gasteiger partial charge in [0.25, 0.3) is 5.91 Å². The average molecular weight is 291 g/mol. The van der Waals surface area contributed by atoms with Gasteiger partial charge in [0.1, 0.15) is 0 Å². The molecule has 0 heterocycles. The van der Waals surface area contributed by atoms with Crippen molar-refractivity contribution in [3.63, 3.8) is 0 Å². The summed E-state index contributed by atoms with van der Waals surface area (Å²) in [5.41, 5.74) is 1.78. The smallest absolute Gasteiger partial charge is 0.307 e. The van der Waals surface area contributed by atoms with Crippen LogP contribution < -0.4 is 0 Å². The normalized spacial score (nSPS) is 11.8. The molecular formula is C17H25NO3. The van der Waals surface area contributed by atoms with E-state index >= 15 is 0 Å². The van der Waals surface area contributed by atoms with Gasteiger partial charge in [0.15, 0.2) is 0 Å². The summed E-state index contributed by atoms with van der Waals surface area (Å²) in [6, 6.07) is 7.60. The Labute approximate surface area is 127 Å². The molecule has 0 fully saturated rings. The summed E-state index contributed by atoms with van der Waals surface area (Å²) in [5, 5.41) is 0. The van der Waals surface area contributed by atoms with E-state index in [1.165, 1.54) is 0 Å². The number of aryl methyl sites for hydroxylation is 1. The maximum atomic E-state index is 12.6. The lowest BCUT2D eigenvalue weighted by atomic mass is 10.1. The van der Waals surface area contributed by atoms with Gasteiger partial charge in [0, 0.05) is 18.2 Å². The maximum absolute atomic E-state index is 12.6. The van der Waals surface area contributed by atoms with Crippen molar-refractivity contribution in [1.29, 1.82) is 0 Å². The molecule has 1 atom stereocenters. The molecule has 0 radical (unpaired) electrons. The van der Waals surface area contributed by atoms with Gasteiger partial charge in [0.2, 0.25) is 0 Å². The van der Waals surface area contributed by atoms with E-state index in [4.69, 9.17) is 4.74 Å². The molecule has 0 aliphatic heterocycles. The zero-order chi connectivity index (χ0) is 15.8. The van der Waals surface area contributed by atoms with E-state index in [1.54, 1.807) is 11.8 Å². The zero-order valence-corrected chi connectivity index (χ0v) is 13.4. The molecule has 116 valence electrons. The second-order valence-electron chi connectivity index (χ2n) is 5.18. The molecule has 4 nitrogen and oxygen atoms in total. The Balaban J connectivity index is 2.79. The van der Waals surface area contributed by atoms with Gasteiger partial charge in [-0.1, -0.05) is 24.6 Å². The van der Waals surface area contributed by atoms with Crippen molar-refractivity contribution in [3.8, 4) is 0 Å². The van der Waals surface area contributed by atoms with Gasteiger partial charge in [-0.25, -0.2) is 0 Å². The second-order valence-corrected chi connectivity index (χ2v) is 5.18. The molecule has 0 bridgehead atoms. The molecule has 1 aromatic carbocycles. The summed E-state index contributed by atoms with van der Waals surface area (Å²) in [5.74, 6) is -0.295. The SMILES string of the molecule is CCOC(=O)CCN(C(=O)c1ccc(C)cc1)C(C)CC. The van der Waals surface area contributed by atoms with Gasteiger partial charge >= 0.3 is 5.97 Å². The van der Waals surface area contributed by atoms with Crippen LogP contribution in [-0.4, -0.2) is 36.0 Å². The third kappa shape index (κ3) is 5.21. The van der Waals surface area contributed by atoms with E-state index in [2.05, 4.69) is 0 Å². The molecule has 0 saturated heterocycles. The van der Waals surface area contributed by atoms with E-state index in [9.17, 15) is 9.59 Å². The molecule has 0 aliphatic carbocycles. The highest BCUT2D eigenvalue weighted by molar-refractivity contribution is 5.94. The first-order valence-electron chi connectivity index (χ1n) is 7.52. The lowest BCUT2D eigenvalue weighted by Crippen LogP contribution is -2.39. The number of rotatable bonds is 7. The molecule has 1 amide bonds. The predicted molar refractivity (Wildman–Crippen MR) is 83.2 cm³/mol. The van der Waals surface area contributed by atoms with E-state index in [1.807, 2.05) is 45.0 Å². The minimum Gasteiger partial charge on any atom is -0.466 e. The van der Waals surface area contributed by atoms with Gasteiger partial charge in [-0.2, -0.15) is 0 Å². The van der Waals surface area contributed by atoms with E-state index in [0.717, 1.165) is 12.0 Å². The first-order valence-corrected chi connectivity index (χ1v) is 7.52. The summed E-state index contributed by atoms with van der Waals surface area (Å²) in [6.45, 7) is 8.56. The van der Waals surface area contributed by atoms with Crippen LogP contribution in [-0.2, 0) is 9.53 Å². The summed E-state index contributed by atoms with van der Waals surface area (Å²) in [4.78, 5) is 25.9. The number of nitrogens with zero attached hydrogens (tertiary/aromatic N) is 1. The molecule has 1 rings (SSSR count). The van der Waals surface area contributed by atoms with Crippen molar-refractivity contribution in [3.05, 3.63) is 35.4 Å². The standard InChI is InChI=1S/C17H25NO3/c1-5-14(4)18(12-11-16(19)21-6-2)17(20)15-9-7-13(3)8-10-15/h7-10,14H,5-6,11-12H2,1-4H3. The predicted octanol–water partition coefficient (Wildman–Crippen LogP) is 3.19. The molecule has 21 heavy (non-hydrogen) atoms. The lowest BCUT2D eigenvalue weighted by molar-refractivity contribution is -0.143. The molecule has 1 aromatic rings. The van der Waals surface area contributed by atoms with Crippen LogP contribution in [0.3, 0.4) is 0 Å². The number of hydrogen-bond acceptors (Lipinski definition) is 3. The van der Waals surface area contributed by atoms with Crippen LogP contribution in [0.1, 0.15) is 49.5 Å². The van der Waals surface area contributed by atoms with E-state index < -0.39 is 0 Å². The molecule has 4 heteroatoms. The fourth-order valence-electron chi connectivity index (χ4n) is 2.05. The largest absolute Gasteiger partial charge is 0.466 e. The molecule has 0 aliphatic rings. The van der Waals surface area contributed by atoms with Crippen LogP contribution in [0.2, 0.25) is 0 Å². The van der Waals surface area contributed by atoms with Crippen LogP contribution in [0.5, 0.6) is 0 Å². The van der Waals surface area contributed by atoms with Crippen molar-refractivity contribution >= 4 is 11.9 Å². The van der Waals surface area contributed by atoms with Crippen LogP contribution >= 0.6 is 0 Å². The van der Waals surface area contributed by atoms with Crippen molar-refractivity contribution in [1.82, 2.24) is 4.90 Å². The van der Waals surface area contributed by atoms with Gasteiger partial charge in [-0.3, -0.25) is 9.59 Å². The summed E-state index contributed by atoms with van der Waals surface area (Å²) in [6.07, 6.45) is 1.08. The second kappa shape index (κ2) is 8.45. The molecule has 0 saturated carbocycles. The monoisotopic (exact) mass is 291 g/mol. The molecule has 0 N–H and O–H groups in total. The molecular weight excluding hydrogens is 266 g/mol. The fraction of sp³-hybridized carbons (Fsp3) is 0.529. The highest BCUT2D eigenvalue weighted by Crippen LogP contribution is 2.13. The first-order chi connectivity index (χ1) is 9.99. The van der Waals surface area contributed by atoms with E-state index in [0.29, 0.717) is 18.7 Å². The van der Waals surface area contributed by atoms with Crippen molar-refractivity contribution in [2.75, 3.05) is 13.2 Å². The van der Waals surface area contributed by atoms with Gasteiger partial charge in [-0.05, 0) is 39.3 Å². The number of carbonyl (C=O) groups is 2. The topological polar surface area (TPSA) is 46.6 Å². The first kappa shape index (κ1) is 17.2. The van der Waals surface area contributed by atoms with Gasteiger partial charge < -0.3 is 9.64 Å². The van der Waals surface area contributed by atoms with Crippen molar-refractivity contribution < 1.29 is 14.3 Å². The molecule has 0 aromatic heterocycles. The minimum atomic E-state index is -0.262. The number of hydrogen-bond donors (Lipinski definition) is 0. The van der Waals surface area contributed by atoms with Crippen LogP contribution in [0.4, 0.5) is 0 Å². The number of benzene rings is 1. The number of ether oxygens (including phenoxy) is 1.